The summed E-state index contributed by atoms with van der Waals surface area (Å²) in [5, 5.41) is 19.6. The van der Waals surface area contributed by atoms with Crippen molar-refractivity contribution in [3.05, 3.63) is 83.7 Å². The average Bonchev–Trinajstić information content (AvgIpc) is 3.28. The van der Waals surface area contributed by atoms with Crippen LogP contribution >= 0.6 is 11.6 Å². The van der Waals surface area contributed by atoms with Gasteiger partial charge in [-0.25, -0.2) is 9.97 Å². The number of fused-ring (bicyclic) bond motifs is 1. The monoisotopic (exact) mass is 486 g/mol. The highest BCUT2D eigenvalue weighted by molar-refractivity contribution is 6.30. The summed E-state index contributed by atoms with van der Waals surface area (Å²) in [6.45, 7) is 1.77. The molecule has 1 aromatic carbocycles. The van der Waals surface area contributed by atoms with Gasteiger partial charge < -0.3 is 16.4 Å². The molecule has 0 aliphatic carbocycles. The normalized spacial score (nSPS) is 11.8. The van der Waals surface area contributed by atoms with E-state index in [4.69, 9.17) is 17.3 Å². The smallest absolute Gasteiger partial charge is 0.274 e. The van der Waals surface area contributed by atoms with E-state index in [-0.39, 0.29) is 11.5 Å². The van der Waals surface area contributed by atoms with Gasteiger partial charge in [0.1, 0.15) is 0 Å². The zero-order chi connectivity index (χ0) is 24.4. The molecule has 5 rings (SSSR count). The average molecular weight is 487 g/mol. The highest BCUT2D eigenvalue weighted by atomic mass is 35.5. The van der Waals surface area contributed by atoms with Gasteiger partial charge in [0, 0.05) is 28.7 Å². The molecule has 0 unspecified atom stereocenters. The quantitative estimate of drug-likeness (QED) is 0.328. The molecule has 174 valence electrons. The lowest BCUT2D eigenvalue weighted by atomic mass is 10.2. The highest BCUT2D eigenvalue weighted by Gasteiger charge is 2.21. The first-order valence-corrected chi connectivity index (χ1v) is 10.9. The molecular weight excluding hydrogens is 468 g/mol. The second-order valence-corrected chi connectivity index (χ2v) is 8.04. The topological polar surface area (TPSA) is 149 Å². The number of benzene rings is 1. The van der Waals surface area contributed by atoms with Crippen LogP contribution in [0.2, 0.25) is 5.02 Å². The minimum absolute atomic E-state index is 0.0104. The first-order chi connectivity index (χ1) is 17.0. The number of nitrogens with zero attached hydrogens (tertiary/aromatic N) is 7. The summed E-state index contributed by atoms with van der Waals surface area (Å²) >= 11 is 6.06. The minimum Gasteiger partial charge on any atom is -0.382 e. The second-order valence-electron chi connectivity index (χ2n) is 7.60. The molecule has 0 aliphatic heterocycles. The lowest BCUT2D eigenvalue weighted by molar-refractivity contribution is 0.0933. The number of nitrogens with two attached hydrogens (primary N) is 1. The van der Waals surface area contributed by atoms with Crippen molar-refractivity contribution in [3.8, 4) is 11.3 Å². The molecule has 4 N–H and O–H groups in total. The number of amides is 1. The summed E-state index contributed by atoms with van der Waals surface area (Å²) in [5.41, 5.74) is 8.53. The van der Waals surface area contributed by atoms with E-state index in [2.05, 4.69) is 40.9 Å². The van der Waals surface area contributed by atoms with Crippen molar-refractivity contribution in [2.75, 3.05) is 11.1 Å². The van der Waals surface area contributed by atoms with E-state index >= 15 is 0 Å². The number of carbonyl (C=O) groups is 1. The molecule has 5 aromatic rings. The fourth-order valence-electron chi connectivity index (χ4n) is 3.41. The molecule has 1 atom stereocenters. The van der Waals surface area contributed by atoms with E-state index in [1.54, 1.807) is 60.2 Å². The van der Waals surface area contributed by atoms with Gasteiger partial charge in [-0.05, 0) is 49.4 Å². The molecule has 0 bridgehead atoms. The Morgan fingerprint density at radius 3 is 2.74 bits per heavy atom. The molecule has 12 heteroatoms. The Morgan fingerprint density at radius 1 is 1.11 bits per heavy atom. The maximum Gasteiger partial charge on any atom is 0.274 e. The standard InChI is InChI=1S/C23H19ClN10O/c1-13(28-23(35)20-21(25)27-12-17(30-20)14-7-9-26-10-8-14)22-32-31-19-6-5-18(33-34(19)22)29-16-4-2-3-15(24)11-16/h2-13H,1H3,(H2,25,27)(H,28,35)(H,29,33)/t13-/m1/s1. The van der Waals surface area contributed by atoms with Crippen LogP contribution in [-0.4, -0.2) is 40.7 Å². The molecule has 0 saturated heterocycles. The summed E-state index contributed by atoms with van der Waals surface area (Å²) in [7, 11) is 0. The van der Waals surface area contributed by atoms with E-state index in [1.807, 2.05) is 12.1 Å². The van der Waals surface area contributed by atoms with E-state index in [1.165, 1.54) is 6.20 Å². The van der Waals surface area contributed by atoms with Crippen LogP contribution in [-0.2, 0) is 0 Å². The maximum atomic E-state index is 13.0. The van der Waals surface area contributed by atoms with Gasteiger partial charge in [0.2, 0.25) is 0 Å². The Hall–Kier alpha value is -4.64. The number of hydrogen-bond acceptors (Lipinski definition) is 9. The Morgan fingerprint density at radius 2 is 1.94 bits per heavy atom. The summed E-state index contributed by atoms with van der Waals surface area (Å²) < 4.78 is 1.56. The van der Waals surface area contributed by atoms with E-state index < -0.39 is 11.9 Å². The number of hydrogen-bond donors (Lipinski definition) is 3. The number of halogens is 1. The van der Waals surface area contributed by atoms with Crippen LogP contribution in [0, 0.1) is 0 Å². The van der Waals surface area contributed by atoms with Gasteiger partial charge in [-0.15, -0.1) is 15.3 Å². The van der Waals surface area contributed by atoms with Gasteiger partial charge in [-0.3, -0.25) is 9.78 Å². The van der Waals surface area contributed by atoms with Crippen LogP contribution in [0.4, 0.5) is 17.3 Å². The number of rotatable bonds is 6. The van der Waals surface area contributed by atoms with E-state index in [9.17, 15) is 4.79 Å². The second kappa shape index (κ2) is 9.31. The molecule has 0 spiro atoms. The lowest BCUT2D eigenvalue weighted by Gasteiger charge is -2.13. The Labute approximate surface area is 204 Å². The van der Waals surface area contributed by atoms with Gasteiger partial charge in [0.15, 0.2) is 28.8 Å². The third-order valence-electron chi connectivity index (χ3n) is 5.11. The summed E-state index contributed by atoms with van der Waals surface area (Å²) in [6, 6.07) is 13.8. The largest absolute Gasteiger partial charge is 0.382 e. The van der Waals surface area contributed by atoms with Crippen LogP contribution in [0.25, 0.3) is 16.9 Å². The highest BCUT2D eigenvalue weighted by Crippen LogP contribution is 2.21. The zero-order valence-corrected chi connectivity index (χ0v) is 19.2. The minimum atomic E-state index is -0.558. The predicted molar refractivity (Wildman–Crippen MR) is 131 cm³/mol. The van der Waals surface area contributed by atoms with Crippen LogP contribution in [0.15, 0.2) is 67.1 Å². The molecule has 4 aromatic heterocycles. The van der Waals surface area contributed by atoms with Crippen LogP contribution < -0.4 is 16.4 Å². The van der Waals surface area contributed by atoms with Crippen LogP contribution in [0.5, 0.6) is 0 Å². The molecule has 0 saturated carbocycles. The molecule has 0 aliphatic rings. The molecule has 0 radical (unpaired) electrons. The molecule has 0 fully saturated rings. The molecule has 11 nitrogen and oxygen atoms in total. The van der Waals surface area contributed by atoms with Gasteiger partial charge in [-0.2, -0.15) is 4.52 Å². The number of aromatic nitrogens is 7. The fraction of sp³-hybridized carbons (Fsp3) is 0.0870. The molecule has 1 amide bonds. The first-order valence-electron chi connectivity index (χ1n) is 10.6. The number of nitrogen functional groups attached to an aromatic ring is 1. The van der Waals surface area contributed by atoms with Gasteiger partial charge in [-0.1, -0.05) is 17.7 Å². The Kier molecular flexibility index (Phi) is 5.90. The fourth-order valence-corrected chi connectivity index (χ4v) is 3.60. The van der Waals surface area contributed by atoms with Crippen molar-refractivity contribution in [2.24, 2.45) is 0 Å². The molecule has 4 heterocycles. The third kappa shape index (κ3) is 4.70. The van der Waals surface area contributed by atoms with Crippen molar-refractivity contribution >= 4 is 40.5 Å². The van der Waals surface area contributed by atoms with Gasteiger partial charge >= 0.3 is 0 Å². The molecular formula is C23H19ClN10O. The summed E-state index contributed by atoms with van der Waals surface area (Å²) in [4.78, 5) is 25.5. The van der Waals surface area contributed by atoms with Crippen molar-refractivity contribution in [1.29, 1.82) is 0 Å². The van der Waals surface area contributed by atoms with E-state index in [0.29, 0.717) is 28.0 Å². The molecule has 35 heavy (non-hydrogen) atoms. The first kappa shape index (κ1) is 22.2. The SMILES string of the molecule is C[C@@H](NC(=O)c1nc(-c2ccncc2)cnc1N)c1nnc2ccc(Nc3cccc(Cl)c3)nn12. The number of pyridine rings is 1. The van der Waals surface area contributed by atoms with E-state index in [0.717, 1.165) is 11.3 Å². The van der Waals surface area contributed by atoms with Crippen LogP contribution in [0.1, 0.15) is 29.3 Å². The Bertz CT molecular complexity index is 1520. The Balaban J connectivity index is 1.39. The number of nitrogens with one attached hydrogen (secondary N) is 2. The summed E-state index contributed by atoms with van der Waals surface area (Å²) in [5.74, 6) is 0.507. The van der Waals surface area contributed by atoms with Crippen molar-refractivity contribution < 1.29 is 4.79 Å². The van der Waals surface area contributed by atoms with Crippen LogP contribution in [0.3, 0.4) is 0 Å². The maximum absolute atomic E-state index is 13.0. The lowest BCUT2D eigenvalue weighted by Crippen LogP contribution is -2.30. The van der Waals surface area contributed by atoms with Gasteiger partial charge in [0.25, 0.3) is 5.91 Å². The number of anilines is 3. The predicted octanol–water partition coefficient (Wildman–Crippen LogP) is 3.45. The zero-order valence-electron chi connectivity index (χ0n) is 18.4. The van der Waals surface area contributed by atoms with Crippen molar-refractivity contribution in [3.63, 3.8) is 0 Å². The summed E-state index contributed by atoms with van der Waals surface area (Å²) in [6.07, 6.45) is 4.78. The number of carbonyl (C=O) groups excluding carboxylic acids is 1. The van der Waals surface area contributed by atoms with Crippen molar-refractivity contribution in [1.82, 2.24) is 40.1 Å². The van der Waals surface area contributed by atoms with Gasteiger partial charge in [0.05, 0.1) is 17.9 Å². The van der Waals surface area contributed by atoms with Crippen molar-refractivity contribution in [2.45, 2.75) is 13.0 Å². The third-order valence-corrected chi connectivity index (χ3v) is 5.35.